The first-order valence-corrected chi connectivity index (χ1v) is 7.32. The molecule has 0 bridgehead atoms. The number of hydrogen-bond donors (Lipinski definition) is 2. The predicted molar refractivity (Wildman–Crippen MR) is 69.1 cm³/mol. The Bertz CT molecular complexity index is 335. The Balaban J connectivity index is 1.56. The lowest BCUT2D eigenvalue weighted by molar-refractivity contribution is -0.155. The number of nitrogens with one attached hydrogen (secondary N) is 1. The van der Waals surface area contributed by atoms with E-state index in [0.717, 1.165) is 12.3 Å². The van der Waals surface area contributed by atoms with Crippen LogP contribution in [0, 0.1) is 5.92 Å². The van der Waals surface area contributed by atoms with Crippen LogP contribution in [-0.2, 0) is 4.79 Å². The fraction of sp³-hybridized carbons (Fsp3) is 0.929. The first kappa shape index (κ1) is 12.4. The molecule has 0 radical (unpaired) electrons. The number of likely N-dealkylation sites (tertiary alicyclic amines) is 1. The number of amides is 1. The van der Waals surface area contributed by atoms with Gasteiger partial charge in [-0.05, 0) is 38.5 Å². The van der Waals surface area contributed by atoms with Crippen LogP contribution in [0.3, 0.4) is 0 Å². The molecule has 2 aliphatic heterocycles. The van der Waals surface area contributed by atoms with Crippen LogP contribution < -0.4 is 5.32 Å². The van der Waals surface area contributed by atoms with E-state index in [0.29, 0.717) is 19.1 Å². The largest absolute Gasteiger partial charge is 0.386 e. The number of aliphatic hydroxyl groups is 1. The lowest BCUT2D eigenvalue weighted by Crippen LogP contribution is -2.66. The Kier molecular flexibility index (Phi) is 3.10. The van der Waals surface area contributed by atoms with E-state index in [1.165, 1.54) is 32.1 Å². The average Bonchev–Trinajstić information content (AvgIpc) is 2.34. The van der Waals surface area contributed by atoms with Crippen molar-refractivity contribution in [2.24, 2.45) is 5.92 Å². The van der Waals surface area contributed by atoms with Gasteiger partial charge in [-0.25, -0.2) is 0 Å². The van der Waals surface area contributed by atoms with Crippen molar-refractivity contribution < 1.29 is 9.90 Å². The molecule has 102 valence electrons. The monoisotopic (exact) mass is 252 g/mol. The van der Waals surface area contributed by atoms with Gasteiger partial charge in [0.2, 0.25) is 5.91 Å². The van der Waals surface area contributed by atoms with E-state index in [1.54, 1.807) is 11.8 Å². The summed E-state index contributed by atoms with van der Waals surface area (Å²) in [5.74, 6) is 0.993. The average molecular weight is 252 g/mol. The maximum absolute atomic E-state index is 12.3. The van der Waals surface area contributed by atoms with E-state index in [1.807, 2.05) is 0 Å². The highest BCUT2D eigenvalue weighted by atomic mass is 16.3. The fourth-order valence-corrected chi connectivity index (χ4v) is 3.84. The van der Waals surface area contributed by atoms with E-state index < -0.39 is 5.60 Å². The Hall–Kier alpha value is -0.610. The molecular formula is C14H24N2O2. The Morgan fingerprint density at radius 3 is 2.67 bits per heavy atom. The standard InChI is InChI=1S/C14H24N2O2/c1-14(18)8-16(9-14)13(17)12-7-6-10-4-2-3-5-11(10)15-12/h10-12,15,18H,2-9H2,1H3. The SMILES string of the molecule is CC1(O)CN(C(=O)C2CCC3CCCCC3N2)C1. The first-order valence-electron chi connectivity index (χ1n) is 7.32. The maximum atomic E-state index is 12.3. The van der Waals surface area contributed by atoms with Crippen molar-refractivity contribution in [1.82, 2.24) is 10.2 Å². The van der Waals surface area contributed by atoms with Crippen LogP contribution in [0.15, 0.2) is 0 Å². The van der Waals surface area contributed by atoms with Crippen molar-refractivity contribution in [2.45, 2.75) is 63.1 Å². The van der Waals surface area contributed by atoms with Crippen molar-refractivity contribution in [3.63, 3.8) is 0 Å². The molecule has 0 aromatic heterocycles. The van der Waals surface area contributed by atoms with E-state index in [9.17, 15) is 9.90 Å². The normalized spacial score (nSPS) is 38.8. The van der Waals surface area contributed by atoms with Crippen LogP contribution in [0.2, 0.25) is 0 Å². The summed E-state index contributed by atoms with van der Waals surface area (Å²) in [6.07, 6.45) is 7.38. The lowest BCUT2D eigenvalue weighted by Gasteiger charge is -2.47. The van der Waals surface area contributed by atoms with Crippen LogP contribution in [0.5, 0.6) is 0 Å². The van der Waals surface area contributed by atoms with E-state index in [-0.39, 0.29) is 11.9 Å². The predicted octanol–water partition coefficient (Wildman–Crippen LogP) is 0.890. The summed E-state index contributed by atoms with van der Waals surface area (Å²) in [7, 11) is 0. The second-order valence-corrected chi connectivity index (χ2v) is 6.64. The van der Waals surface area contributed by atoms with Gasteiger partial charge in [0.15, 0.2) is 0 Å². The van der Waals surface area contributed by atoms with Gasteiger partial charge >= 0.3 is 0 Å². The van der Waals surface area contributed by atoms with Crippen molar-refractivity contribution in [1.29, 1.82) is 0 Å². The smallest absolute Gasteiger partial charge is 0.239 e. The van der Waals surface area contributed by atoms with Gasteiger partial charge in [-0.1, -0.05) is 12.8 Å². The highest BCUT2D eigenvalue weighted by Crippen LogP contribution is 2.33. The van der Waals surface area contributed by atoms with Gasteiger partial charge in [0.1, 0.15) is 0 Å². The quantitative estimate of drug-likeness (QED) is 0.729. The molecular weight excluding hydrogens is 228 g/mol. The minimum Gasteiger partial charge on any atom is -0.386 e. The molecule has 18 heavy (non-hydrogen) atoms. The van der Waals surface area contributed by atoms with Crippen molar-refractivity contribution in [2.75, 3.05) is 13.1 Å². The van der Waals surface area contributed by atoms with Crippen LogP contribution >= 0.6 is 0 Å². The summed E-state index contributed by atoms with van der Waals surface area (Å²) in [4.78, 5) is 14.1. The van der Waals surface area contributed by atoms with Crippen LogP contribution in [0.25, 0.3) is 0 Å². The lowest BCUT2D eigenvalue weighted by atomic mass is 9.77. The topological polar surface area (TPSA) is 52.6 Å². The number of fused-ring (bicyclic) bond motifs is 1. The van der Waals surface area contributed by atoms with Gasteiger partial charge in [-0.2, -0.15) is 0 Å². The van der Waals surface area contributed by atoms with Gasteiger partial charge < -0.3 is 15.3 Å². The zero-order chi connectivity index (χ0) is 12.8. The number of piperidine rings is 1. The summed E-state index contributed by atoms with van der Waals surface area (Å²) >= 11 is 0. The number of carbonyl (C=O) groups excluding carboxylic acids is 1. The van der Waals surface area contributed by atoms with Crippen LogP contribution in [-0.4, -0.2) is 46.7 Å². The molecule has 3 unspecified atom stereocenters. The molecule has 3 rings (SSSR count). The van der Waals surface area contributed by atoms with Crippen LogP contribution in [0.4, 0.5) is 0 Å². The molecule has 3 aliphatic rings. The summed E-state index contributed by atoms with van der Waals surface area (Å²) in [6.45, 7) is 2.79. The Morgan fingerprint density at radius 2 is 1.94 bits per heavy atom. The molecule has 3 fully saturated rings. The number of carbonyl (C=O) groups is 1. The summed E-state index contributed by atoms with van der Waals surface area (Å²) in [5, 5.41) is 13.3. The molecule has 2 saturated heterocycles. The molecule has 2 N–H and O–H groups in total. The van der Waals surface area contributed by atoms with E-state index in [4.69, 9.17) is 0 Å². The molecule has 0 aromatic carbocycles. The summed E-state index contributed by atoms with van der Waals surface area (Å²) < 4.78 is 0. The van der Waals surface area contributed by atoms with Gasteiger partial charge in [-0.15, -0.1) is 0 Å². The maximum Gasteiger partial charge on any atom is 0.239 e. The fourth-order valence-electron chi connectivity index (χ4n) is 3.84. The molecule has 3 atom stereocenters. The molecule has 1 amide bonds. The van der Waals surface area contributed by atoms with Gasteiger partial charge in [0.05, 0.1) is 24.7 Å². The molecule has 2 heterocycles. The molecule has 1 aliphatic carbocycles. The number of rotatable bonds is 1. The van der Waals surface area contributed by atoms with E-state index >= 15 is 0 Å². The minimum atomic E-state index is -0.655. The summed E-state index contributed by atoms with van der Waals surface area (Å²) in [6, 6.07) is 0.559. The van der Waals surface area contributed by atoms with E-state index in [2.05, 4.69) is 5.32 Å². The third kappa shape index (κ3) is 2.28. The van der Waals surface area contributed by atoms with Crippen molar-refractivity contribution in [3.05, 3.63) is 0 Å². The molecule has 4 nitrogen and oxygen atoms in total. The number of nitrogens with zero attached hydrogens (tertiary/aromatic N) is 1. The molecule has 0 spiro atoms. The third-order valence-corrected chi connectivity index (χ3v) is 4.82. The molecule has 0 aromatic rings. The zero-order valence-corrected chi connectivity index (χ0v) is 11.2. The number of β-amino-alcohol motifs (C(OH)–C–C–N with tert-alkyl or cyclic N) is 1. The molecule has 4 heteroatoms. The molecule has 1 saturated carbocycles. The first-order chi connectivity index (χ1) is 8.55. The third-order valence-electron chi connectivity index (χ3n) is 4.82. The Labute approximate surface area is 109 Å². The van der Waals surface area contributed by atoms with Gasteiger partial charge in [0, 0.05) is 6.04 Å². The second kappa shape index (κ2) is 4.49. The highest BCUT2D eigenvalue weighted by Gasteiger charge is 2.43. The minimum absolute atomic E-state index is 0.000417. The summed E-state index contributed by atoms with van der Waals surface area (Å²) in [5.41, 5.74) is -0.655. The van der Waals surface area contributed by atoms with Gasteiger partial charge in [0.25, 0.3) is 0 Å². The zero-order valence-electron chi connectivity index (χ0n) is 11.2. The number of hydrogen-bond acceptors (Lipinski definition) is 3. The van der Waals surface area contributed by atoms with Crippen molar-refractivity contribution in [3.8, 4) is 0 Å². The van der Waals surface area contributed by atoms with Gasteiger partial charge in [-0.3, -0.25) is 4.79 Å². The second-order valence-electron chi connectivity index (χ2n) is 6.64. The van der Waals surface area contributed by atoms with Crippen LogP contribution in [0.1, 0.15) is 45.4 Å². The Morgan fingerprint density at radius 1 is 1.22 bits per heavy atom. The van der Waals surface area contributed by atoms with Crippen molar-refractivity contribution >= 4 is 5.91 Å². The highest BCUT2D eigenvalue weighted by molar-refractivity contribution is 5.83.